The van der Waals surface area contributed by atoms with E-state index < -0.39 is 5.41 Å². The monoisotopic (exact) mass is 817 g/mol. The minimum atomic E-state index is -0.657. The Labute approximate surface area is 375 Å². The second-order valence-corrected chi connectivity index (χ2v) is 16.4. The van der Waals surface area contributed by atoms with Crippen molar-refractivity contribution in [2.75, 3.05) is 14.7 Å². The van der Waals surface area contributed by atoms with Crippen LogP contribution in [-0.4, -0.2) is 0 Å². The summed E-state index contributed by atoms with van der Waals surface area (Å²) < 4.78 is 0. The number of hydrogen-bond acceptors (Lipinski definition) is 3. The largest absolute Gasteiger partial charge is 0.310 e. The number of rotatable bonds is 9. The molecule has 0 heterocycles. The molecule has 1 spiro atoms. The molecule has 0 bridgehead atoms. The van der Waals surface area contributed by atoms with E-state index in [1.165, 1.54) is 44.5 Å². The first kappa shape index (κ1) is 37.4. The molecule has 2 aliphatic rings. The van der Waals surface area contributed by atoms with Gasteiger partial charge in [0, 0.05) is 50.8 Å². The molecule has 0 aliphatic heterocycles. The zero-order chi connectivity index (χ0) is 42.5. The second kappa shape index (κ2) is 15.5. The fourth-order valence-electron chi connectivity index (χ4n) is 10.6. The lowest BCUT2D eigenvalue weighted by Crippen LogP contribution is -2.26. The van der Waals surface area contributed by atoms with Crippen LogP contribution in [0.3, 0.4) is 0 Å². The zero-order valence-corrected chi connectivity index (χ0v) is 35.2. The normalized spacial score (nSPS) is 12.5. The van der Waals surface area contributed by atoms with Crippen LogP contribution in [0.25, 0.3) is 22.3 Å². The summed E-state index contributed by atoms with van der Waals surface area (Å²) in [5.74, 6) is 0. The Balaban J connectivity index is 1.22. The van der Waals surface area contributed by atoms with Crippen molar-refractivity contribution in [3.63, 3.8) is 0 Å². The number of anilines is 9. The predicted molar refractivity (Wildman–Crippen MR) is 267 cm³/mol. The van der Waals surface area contributed by atoms with Crippen LogP contribution in [-0.2, 0) is 5.41 Å². The fourth-order valence-corrected chi connectivity index (χ4v) is 10.6. The highest BCUT2D eigenvalue weighted by Gasteiger charge is 2.54. The molecule has 12 rings (SSSR count). The smallest absolute Gasteiger partial charge is 0.0727 e. The highest BCUT2D eigenvalue weighted by atomic mass is 15.2. The Hall–Kier alpha value is -8.40. The third kappa shape index (κ3) is 5.75. The van der Waals surface area contributed by atoms with Crippen LogP contribution in [0.15, 0.2) is 261 Å². The van der Waals surface area contributed by atoms with Gasteiger partial charge in [0.15, 0.2) is 0 Å². The Morgan fingerprint density at radius 2 is 0.453 bits per heavy atom. The Morgan fingerprint density at radius 1 is 0.203 bits per heavy atom. The zero-order valence-electron chi connectivity index (χ0n) is 35.2. The predicted octanol–water partition coefficient (Wildman–Crippen LogP) is 16.4. The molecule has 0 saturated heterocycles. The van der Waals surface area contributed by atoms with Gasteiger partial charge in [-0.05, 0) is 119 Å². The van der Waals surface area contributed by atoms with Crippen molar-refractivity contribution in [1.29, 1.82) is 0 Å². The Kier molecular flexibility index (Phi) is 9.05. The molecule has 0 fully saturated rings. The van der Waals surface area contributed by atoms with Gasteiger partial charge in [-0.25, -0.2) is 0 Å². The van der Waals surface area contributed by atoms with Crippen molar-refractivity contribution < 1.29 is 0 Å². The molecule has 302 valence electrons. The van der Waals surface area contributed by atoms with Crippen LogP contribution < -0.4 is 14.7 Å². The van der Waals surface area contributed by atoms with Crippen LogP contribution in [0.2, 0.25) is 0 Å². The summed E-state index contributed by atoms with van der Waals surface area (Å²) in [6.07, 6.45) is 0. The van der Waals surface area contributed by atoms with Crippen molar-refractivity contribution in [1.82, 2.24) is 0 Å². The lowest BCUT2D eigenvalue weighted by Gasteiger charge is -2.32. The first-order valence-electron chi connectivity index (χ1n) is 22.0. The van der Waals surface area contributed by atoms with E-state index in [0.717, 1.165) is 51.2 Å². The number of benzene rings is 10. The van der Waals surface area contributed by atoms with Gasteiger partial charge < -0.3 is 14.7 Å². The van der Waals surface area contributed by atoms with Crippen molar-refractivity contribution >= 4 is 51.2 Å². The molecule has 0 saturated carbocycles. The quantitative estimate of drug-likeness (QED) is 0.144. The van der Waals surface area contributed by atoms with Gasteiger partial charge in [-0.1, -0.05) is 170 Å². The summed E-state index contributed by atoms with van der Waals surface area (Å²) in [6.45, 7) is 0. The molecular weight excluding hydrogens is 775 g/mol. The summed E-state index contributed by atoms with van der Waals surface area (Å²) >= 11 is 0. The van der Waals surface area contributed by atoms with Crippen LogP contribution in [0.5, 0.6) is 0 Å². The molecule has 0 aromatic heterocycles. The maximum absolute atomic E-state index is 2.44. The molecule has 0 atom stereocenters. The third-order valence-corrected chi connectivity index (χ3v) is 13.0. The van der Waals surface area contributed by atoms with Crippen LogP contribution in [0.1, 0.15) is 22.3 Å². The molecule has 3 nitrogen and oxygen atoms in total. The van der Waals surface area contributed by atoms with E-state index in [2.05, 4.69) is 276 Å². The van der Waals surface area contributed by atoms with E-state index >= 15 is 0 Å². The van der Waals surface area contributed by atoms with Gasteiger partial charge in [0.1, 0.15) is 0 Å². The van der Waals surface area contributed by atoms with Gasteiger partial charge >= 0.3 is 0 Å². The summed E-state index contributed by atoms with van der Waals surface area (Å²) in [4.78, 5) is 7.31. The molecule has 10 aromatic rings. The summed E-state index contributed by atoms with van der Waals surface area (Å²) in [5, 5.41) is 0. The first-order valence-corrected chi connectivity index (χ1v) is 22.0. The van der Waals surface area contributed by atoms with Crippen LogP contribution in [0.4, 0.5) is 51.2 Å². The van der Waals surface area contributed by atoms with E-state index in [-0.39, 0.29) is 0 Å². The summed E-state index contributed by atoms with van der Waals surface area (Å²) in [5.41, 5.74) is 19.3. The molecule has 64 heavy (non-hydrogen) atoms. The van der Waals surface area contributed by atoms with Crippen LogP contribution >= 0.6 is 0 Å². The Bertz CT molecular complexity index is 3010. The molecule has 0 N–H and O–H groups in total. The highest BCUT2D eigenvalue weighted by molar-refractivity contribution is 6.08. The lowest BCUT2D eigenvalue weighted by molar-refractivity contribution is 0.793. The van der Waals surface area contributed by atoms with Crippen molar-refractivity contribution in [2.45, 2.75) is 5.41 Å². The maximum atomic E-state index is 2.44. The first-order chi connectivity index (χ1) is 31.8. The van der Waals surface area contributed by atoms with Crippen molar-refractivity contribution in [3.8, 4) is 22.3 Å². The van der Waals surface area contributed by atoms with E-state index in [4.69, 9.17) is 0 Å². The average molecular weight is 818 g/mol. The minimum absolute atomic E-state index is 0.657. The number of para-hydroxylation sites is 6. The van der Waals surface area contributed by atoms with Gasteiger partial charge in [0.25, 0.3) is 0 Å². The molecule has 0 amide bonds. The maximum Gasteiger partial charge on any atom is 0.0727 e. The van der Waals surface area contributed by atoms with E-state index in [1.54, 1.807) is 0 Å². The Morgan fingerprint density at radius 3 is 0.781 bits per heavy atom. The van der Waals surface area contributed by atoms with E-state index in [9.17, 15) is 0 Å². The average Bonchev–Trinajstić information content (AvgIpc) is 3.85. The second-order valence-electron chi connectivity index (χ2n) is 16.4. The van der Waals surface area contributed by atoms with Gasteiger partial charge in [-0.15, -0.1) is 0 Å². The van der Waals surface area contributed by atoms with Crippen molar-refractivity contribution in [2.24, 2.45) is 0 Å². The summed E-state index contributed by atoms with van der Waals surface area (Å²) in [7, 11) is 0. The third-order valence-electron chi connectivity index (χ3n) is 13.0. The van der Waals surface area contributed by atoms with Crippen molar-refractivity contribution in [3.05, 3.63) is 283 Å². The number of fused-ring (bicyclic) bond motifs is 10. The highest BCUT2D eigenvalue weighted by Crippen LogP contribution is 2.68. The van der Waals surface area contributed by atoms with Gasteiger partial charge in [0.05, 0.1) is 22.5 Å². The molecule has 10 aromatic carbocycles. The lowest BCUT2D eigenvalue weighted by atomic mass is 9.70. The standard InChI is InChI=1S/C61H43N3/c1-7-24-44(25-8-1)62(45-26-9-2-10-27-45)55-41-21-38-52-58(55)50-36-19-20-37-51(50)61(52)53-39-22-42-56(63(46-28-11-3-12-29-46)47-30-13-4-14-31-47)59(53)60-54(61)40-23-43-57(60)64(48-32-15-5-16-33-48)49-34-17-6-18-35-49/h1-43H. The number of nitrogens with zero attached hydrogens (tertiary/aromatic N) is 3. The van der Waals surface area contributed by atoms with Gasteiger partial charge in [-0.2, -0.15) is 0 Å². The molecule has 0 unspecified atom stereocenters. The number of hydrogen-bond donors (Lipinski definition) is 0. The van der Waals surface area contributed by atoms with E-state index in [0.29, 0.717) is 0 Å². The topological polar surface area (TPSA) is 9.72 Å². The molecule has 2 aliphatic carbocycles. The fraction of sp³-hybridized carbons (Fsp3) is 0.0164. The molecule has 3 heteroatoms. The molecule has 0 radical (unpaired) electrons. The van der Waals surface area contributed by atoms with Gasteiger partial charge in [0.2, 0.25) is 0 Å². The SMILES string of the molecule is c1ccc(N(c2ccccc2)c2cccc3c2-c2ccccc2C32c3cccc(N(c4ccccc4)c4ccccc4)c3-c3c(N(c4ccccc4)c4ccccc4)cccc32)cc1. The van der Waals surface area contributed by atoms with Gasteiger partial charge in [-0.3, -0.25) is 0 Å². The summed E-state index contributed by atoms with van der Waals surface area (Å²) in [6, 6.07) is 94.9. The van der Waals surface area contributed by atoms with E-state index in [1.807, 2.05) is 0 Å². The minimum Gasteiger partial charge on any atom is -0.310 e. The van der Waals surface area contributed by atoms with Crippen LogP contribution in [0, 0.1) is 0 Å². The molecular formula is C61H43N3.